The fourth-order valence-electron chi connectivity index (χ4n) is 3.66. The highest BCUT2D eigenvalue weighted by Gasteiger charge is 2.31. The van der Waals surface area contributed by atoms with Gasteiger partial charge in [0.05, 0.1) is 15.5 Å². The van der Waals surface area contributed by atoms with Crippen LogP contribution in [0.15, 0.2) is 23.1 Å². The topological polar surface area (TPSA) is 107 Å². The molecule has 2 aliphatic heterocycles. The number of piperazine rings is 1. The van der Waals surface area contributed by atoms with Crippen LogP contribution >= 0.6 is 11.6 Å². The molecule has 2 saturated heterocycles. The van der Waals surface area contributed by atoms with Crippen molar-refractivity contribution in [1.82, 2.24) is 19.4 Å². The fraction of sp³-hybridized carbons (Fsp3) is 0.550. The van der Waals surface area contributed by atoms with Crippen LogP contribution in [0.3, 0.4) is 0 Å². The Bertz CT molecular complexity index is 968. The lowest BCUT2D eigenvalue weighted by Gasteiger charge is -2.34. The molecule has 170 valence electrons. The zero-order chi connectivity index (χ0) is 22.8. The summed E-state index contributed by atoms with van der Waals surface area (Å²) in [7, 11) is -3.68. The van der Waals surface area contributed by atoms with Gasteiger partial charge in [-0.2, -0.15) is 4.31 Å². The molecule has 3 amide bonds. The maximum absolute atomic E-state index is 13.0. The van der Waals surface area contributed by atoms with Gasteiger partial charge in [-0.05, 0) is 44.9 Å². The molecule has 1 N–H and O–H groups in total. The lowest BCUT2D eigenvalue weighted by molar-refractivity contribution is -0.147. The average molecular weight is 471 g/mol. The predicted octanol–water partition coefficient (Wildman–Crippen LogP) is 0.934. The minimum Gasteiger partial charge on any atom is -0.346 e. The summed E-state index contributed by atoms with van der Waals surface area (Å²) in [5.41, 5.74) is 0.110. The quantitative estimate of drug-likeness (QED) is 0.659. The number of nitrogens with one attached hydrogen (secondary N) is 1. The summed E-state index contributed by atoms with van der Waals surface area (Å²) in [6.45, 7) is 5.33. The van der Waals surface area contributed by atoms with E-state index in [2.05, 4.69) is 5.32 Å². The molecule has 0 aliphatic carbocycles. The van der Waals surface area contributed by atoms with Crippen molar-refractivity contribution < 1.29 is 22.8 Å². The van der Waals surface area contributed by atoms with Crippen molar-refractivity contribution in [3.05, 3.63) is 28.8 Å². The van der Waals surface area contributed by atoms with Gasteiger partial charge < -0.3 is 15.1 Å². The number of sulfonamides is 1. The van der Waals surface area contributed by atoms with Crippen molar-refractivity contribution >= 4 is 39.3 Å². The number of halogens is 1. The Labute approximate surface area is 187 Å². The molecule has 0 unspecified atom stereocenters. The van der Waals surface area contributed by atoms with E-state index in [0.717, 1.165) is 12.8 Å². The van der Waals surface area contributed by atoms with Crippen molar-refractivity contribution in [2.45, 2.75) is 37.6 Å². The van der Waals surface area contributed by atoms with Gasteiger partial charge in [-0.25, -0.2) is 8.42 Å². The first-order valence-electron chi connectivity index (χ1n) is 10.3. The van der Waals surface area contributed by atoms with E-state index in [9.17, 15) is 22.8 Å². The molecule has 0 saturated carbocycles. The first-order chi connectivity index (χ1) is 14.6. The number of carbonyl (C=O) groups is 3. The number of carbonyl (C=O) groups excluding carboxylic acids is 3. The van der Waals surface area contributed by atoms with E-state index >= 15 is 0 Å². The third-order valence-electron chi connectivity index (χ3n) is 5.34. The molecule has 2 heterocycles. The highest BCUT2D eigenvalue weighted by molar-refractivity contribution is 7.89. The van der Waals surface area contributed by atoms with E-state index in [1.54, 1.807) is 13.8 Å². The summed E-state index contributed by atoms with van der Waals surface area (Å²) in [6, 6.07) is 4.02. The molecule has 1 aromatic carbocycles. The van der Waals surface area contributed by atoms with Crippen molar-refractivity contribution in [3.8, 4) is 0 Å². The molecule has 1 aromatic rings. The van der Waals surface area contributed by atoms with Crippen molar-refractivity contribution in [1.29, 1.82) is 0 Å². The highest BCUT2D eigenvalue weighted by Crippen LogP contribution is 2.26. The monoisotopic (exact) mass is 470 g/mol. The van der Waals surface area contributed by atoms with Crippen LogP contribution in [0.25, 0.3) is 0 Å². The summed E-state index contributed by atoms with van der Waals surface area (Å²) < 4.78 is 27.1. The summed E-state index contributed by atoms with van der Waals surface area (Å²) in [4.78, 5) is 40.1. The molecular formula is C20H27ClN4O5S. The molecule has 0 bridgehead atoms. The van der Waals surface area contributed by atoms with Crippen LogP contribution < -0.4 is 5.32 Å². The SMILES string of the molecule is CC(C)NC(=O)C(=O)N1CCN(C(=O)c2cc(S(=O)(=O)N3CCCC3)ccc2Cl)CC1. The molecule has 0 radical (unpaired) electrons. The summed E-state index contributed by atoms with van der Waals surface area (Å²) in [6.07, 6.45) is 1.63. The van der Waals surface area contributed by atoms with Crippen molar-refractivity contribution in [2.24, 2.45) is 0 Å². The molecule has 0 aromatic heterocycles. The summed E-state index contributed by atoms with van der Waals surface area (Å²) in [5, 5.41) is 2.73. The summed E-state index contributed by atoms with van der Waals surface area (Å²) >= 11 is 6.22. The molecule has 11 heteroatoms. The Morgan fingerprint density at radius 1 is 0.968 bits per heavy atom. The Hall–Kier alpha value is -2.17. The molecule has 9 nitrogen and oxygen atoms in total. The largest absolute Gasteiger partial charge is 0.346 e. The Kier molecular flexibility index (Phi) is 7.23. The van der Waals surface area contributed by atoms with Gasteiger partial charge >= 0.3 is 11.8 Å². The van der Waals surface area contributed by atoms with Crippen LogP contribution in [-0.4, -0.2) is 85.6 Å². The fourth-order valence-corrected chi connectivity index (χ4v) is 5.40. The van der Waals surface area contributed by atoms with Crippen LogP contribution in [0.5, 0.6) is 0 Å². The van der Waals surface area contributed by atoms with Crippen LogP contribution in [0.4, 0.5) is 0 Å². The lowest BCUT2D eigenvalue weighted by atomic mass is 10.1. The minimum absolute atomic E-state index is 0.0429. The molecule has 31 heavy (non-hydrogen) atoms. The Balaban J connectivity index is 1.70. The van der Waals surface area contributed by atoms with Crippen molar-refractivity contribution in [3.63, 3.8) is 0 Å². The standard InChI is InChI=1S/C20H27ClN4O5S/c1-14(2)22-18(26)20(28)24-11-9-23(10-12-24)19(27)16-13-15(5-6-17(16)21)31(29,30)25-7-3-4-8-25/h5-6,13-14H,3-4,7-12H2,1-2H3,(H,22,26). The van der Waals surface area contributed by atoms with Gasteiger partial charge in [0.15, 0.2) is 0 Å². The minimum atomic E-state index is -3.68. The van der Waals surface area contributed by atoms with E-state index in [1.165, 1.54) is 32.3 Å². The Morgan fingerprint density at radius 2 is 1.55 bits per heavy atom. The van der Waals surface area contributed by atoms with E-state index in [-0.39, 0.29) is 47.7 Å². The first kappa shape index (κ1) is 23.5. The molecular weight excluding hydrogens is 444 g/mol. The van der Waals surface area contributed by atoms with Gasteiger partial charge in [-0.3, -0.25) is 14.4 Å². The molecule has 0 spiro atoms. The van der Waals surface area contributed by atoms with Crippen molar-refractivity contribution in [2.75, 3.05) is 39.3 Å². The number of amides is 3. The highest BCUT2D eigenvalue weighted by atomic mass is 35.5. The number of benzene rings is 1. The zero-order valence-corrected chi connectivity index (χ0v) is 19.2. The van der Waals surface area contributed by atoms with Gasteiger partial charge in [-0.1, -0.05) is 11.6 Å². The van der Waals surface area contributed by atoms with Gasteiger partial charge in [0, 0.05) is 45.3 Å². The number of nitrogens with zero attached hydrogens (tertiary/aromatic N) is 3. The number of hydrogen-bond acceptors (Lipinski definition) is 5. The van der Waals surface area contributed by atoms with Gasteiger partial charge in [-0.15, -0.1) is 0 Å². The summed E-state index contributed by atoms with van der Waals surface area (Å²) in [5.74, 6) is -1.70. The van der Waals surface area contributed by atoms with Crippen LogP contribution in [0.2, 0.25) is 5.02 Å². The number of rotatable bonds is 4. The van der Waals surface area contributed by atoms with Gasteiger partial charge in [0.1, 0.15) is 0 Å². The maximum Gasteiger partial charge on any atom is 0.312 e. The average Bonchev–Trinajstić information content (AvgIpc) is 3.28. The lowest BCUT2D eigenvalue weighted by Crippen LogP contribution is -2.54. The second-order valence-electron chi connectivity index (χ2n) is 7.97. The van der Waals surface area contributed by atoms with E-state index < -0.39 is 27.7 Å². The second-order valence-corrected chi connectivity index (χ2v) is 10.3. The van der Waals surface area contributed by atoms with E-state index in [1.807, 2.05) is 0 Å². The van der Waals surface area contributed by atoms with E-state index in [0.29, 0.717) is 13.1 Å². The third kappa shape index (κ3) is 5.19. The smallest absolute Gasteiger partial charge is 0.312 e. The maximum atomic E-state index is 13.0. The van der Waals surface area contributed by atoms with E-state index in [4.69, 9.17) is 11.6 Å². The Morgan fingerprint density at radius 3 is 2.13 bits per heavy atom. The normalized spacial score (nSPS) is 17.8. The molecule has 3 rings (SSSR count). The number of hydrogen-bond donors (Lipinski definition) is 1. The predicted molar refractivity (Wildman–Crippen MR) is 115 cm³/mol. The second kappa shape index (κ2) is 9.54. The molecule has 0 atom stereocenters. The first-order valence-corrected chi connectivity index (χ1v) is 12.1. The van der Waals surface area contributed by atoms with Gasteiger partial charge in [0.25, 0.3) is 5.91 Å². The zero-order valence-electron chi connectivity index (χ0n) is 17.6. The van der Waals surface area contributed by atoms with Gasteiger partial charge in [0.2, 0.25) is 10.0 Å². The molecule has 2 fully saturated rings. The van der Waals surface area contributed by atoms with Crippen LogP contribution in [-0.2, 0) is 19.6 Å². The van der Waals surface area contributed by atoms with Crippen LogP contribution in [0, 0.1) is 0 Å². The third-order valence-corrected chi connectivity index (χ3v) is 7.56. The van der Waals surface area contributed by atoms with Crippen LogP contribution in [0.1, 0.15) is 37.0 Å². The molecule has 2 aliphatic rings.